The summed E-state index contributed by atoms with van der Waals surface area (Å²) in [4.78, 5) is 18.8. The largest absolute Gasteiger partial charge is 0.438 e. The van der Waals surface area contributed by atoms with Gasteiger partial charge >= 0.3 is 0 Å². The van der Waals surface area contributed by atoms with Crippen LogP contribution in [0.2, 0.25) is 0 Å². The van der Waals surface area contributed by atoms with Gasteiger partial charge in [0.2, 0.25) is 17.5 Å². The van der Waals surface area contributed by atoms with E-state index < -0.39 is 0 Å². The molecule has 2 aromatic heterocycles. The van der Waals surface area contributed by atoms with Crippen molar-refractivity contribution in [2.45, 2.75) is 38.6 Å². The molecule has 1 fully saturated rings. The first kappa shape index (κ1) is 16.5. The number of amides is 1. The molecule has 1 unspecified atom stereocenters. The maximum Gasteiger partial charge on any atom is 0.292 e. The summed E-state index contributed by atoms with van der Waals surface area (Å²) in [6.45, 7) is 2.40. The quantitative estimate of drug-likeness (QED) is 0.713. The molecular formula is C19H20N4O3. The first-order valence-electron chi connectivity index (χ1n) is 8.84. The van der Waals surface area contributed by atoms with E-state index in [1.165, 1.54) is 6.39 Å². The van der Waals surface area contributed by atoms with Crippen LogP contribution in [0.4, 0.5) is 0 Å². The average molecular weight is 352 g/mol. The molecule has 0 aliphatic carbocycles. The Bertz CT molecular complexity index is 887. The van der Waals surface area contributed by atoms with Crippen molar-refractivity contribution in [3.8, 4) is 11.5 Å². The first-order chi connectivity index (χ1) is 12.7. The summed E-state index contributed by atoms with van der Waals surface area (Å²) in [5, 5.41) is 8.41. The molecule has 7 nitrogen and oxygen atoms in total. The molecule has 0 radical (unpaired) electrons. The van der Waals surface area contributed by atoms with E-state index >= 15 is 0 Å². The monoisotopic (exact) mass is 352 g/mol. The predicted octanol–water partition coefficient (Wildman–Crippen LogP) is 3.79. The third kappa shape index (κ3) is 3.12. The lowest BCUT2D eigenvalue weighted by Gasteiger charge is -2.26. The van der Waals surface area contributed by atoms with Crippen molar-refractivity contribution in [1.29, 1.82) is 0 Å². The summed E-state index contributed by atoms with van der Waals surface area (Å²) in [6, 6.07) is 9.38. The number of nitrogens with zero attached hydrogens (tertiary/aromatic N) is 4. The molecule has 1 amide bonds. The number of aryl methyl sites for hydroxylation is 1. The maximum absolute atomic E-state index is 13.0. The van der Waals surface area contributed by atoms with Crippen LogP contribution in [0.1, 0.15) is 53.9 Å². The molecule has 7 heteroatoms. The van der Waals surface area contributed by atoms with Gasteiger partial charge in [0.15, 0.2) is 6.39 Å². The van der Waals surface area contributed by atoms with Crippen molar-refractivity contribution in [1.82, 2.24) is 20.1 Å². The molecule has 0 spiro atoms. The molecule has 3 heterocycles. The van der Waals surface area contributed by atoms with E-state index in [2.05, 4.69) is 15.2 Å². The van der Waals surface area contributed by atoms with Gasteiger partial charge in [0.1, 0.15) is 6.04 Å². The Morgan fingerprint density at radius 2 is 2.00 bits per heavy atom. The summed E-state index contributed by atoms with van der Waals surface area (Å²) in [7, 11) is 0. The SMILES string of the molecule is Cc1ncoc1C(=O)N1CCCCCC1c1nnc(-c2ccccc2)o1. The molecule has 0 N–H and O–H groups in total. The Morgan fingerprint density at radius 1 is 1.15 bits per heavy atom. The molecule has 1 atom stereocenters. The van der Waals surface area contributed by atoms with Crippen molar-refractivity contribution >= 4 is 5.91 Å². The number of aromatic nitrogens is 3. The Balaban J connectivity index is 1.65. The van der Waals surface area contributed by atoms with Crippen LogP contribution >= 0.6 is 0 Å². The molecule has 1 saturated heterocycles. The van der Waals surface area contributed by atoms with Crippen molar-refractivity contribution in [2.24, 2.45) is 0 Å². The molecule has 4 rings (SSSR count). The number of likely N-dealkylation sites (tertiary alicyclic amines) is 1. The van der Waals surface area contributed by atoms with Crippen LogP contribution in [0.25, 0.3) is 11.5 Å². The Morgan fingerprint density at radius 3 is 2.77 bits per heavy atom. The third-order valence-electron chi connectivity index (χ3n) is 4.70. The fraction of sp³-hybridized carbons (Fsp3) is 0.368. The normalized spacial score (nSPS) is 17.9. The van der Waals surface area contributed by atoms with Gasteiger partial charge in [-0.15, -0.1) is 10.2 Å². The Labute approximate surface area is 151 Å². The number of oxazole rings is 1. The number of hydrogen-bond acceptors (Lipinski definition) is 6. The molecular weight excluding hydrogens is 332 g/mol. The topological polar surface area (TPSA) is 85.3 Å². The van der Waals surface area contributed by atoms with E-state index in [-0.39, 0.29) is 17.7 Å². The van der Waals surface area contributed by atoms with E-state index in [0.717, 1.165) is 31.2 Å². The van der Waals surface area contributed by atoms with E-state index in [9.17, 15) is 4.79 Å². The zero-order valence-corrected chi connectivity index (χ0v) is 14.6. The van der Waals surface area contributed by atoms with Crippen LogP contribution in [0, 0.1) is 6.92 Å². The van der Waals surface area contributed by atoms with Gasteiger partial charge < -0.3 is 13.7 Å². The van der Waals surface area contributed by atoms with Crippen LogP contribution in [-0.2, 0) is 0 Å². The highest BCUT2D eigenvalue weighted by Crippen LogP contribution is 2.32. The smallest absolute Gasteiger partial charge is 0.292 e. The predicted molar refractivity (Wildman–Crippen MR) is 93.2 cm³/mol. The highest BCUT2D eigenvalue weighted by molar-refractivity contribution is 5.92. The highest BCUT2D eigenvalue weighted by atomic mass is 16.4. The number of rotatable bonds is 3. The fourth-order valence-corrected chi connectivity index (χ4v) is 3.31. The molecule has 134 valence electrons. The standard InChI is InChI=1S/C19H20N4O3/c1-13-16(25-12-20-13)19(24)23-11-7-3-6-10-15(23)18-22-21-17(26-18)14-8-4-2-5-9-14/h2,4-5,8-9,12,15H,3,6-7,10-11H2,1H3. The maximum atomic E-state index is 13.0. The molecule has 3 aromatic rings. The molecule has 1 aliphatic rings. The van der Waals surface area contributed by atoms with Crippen molar-refractivity contribution < 1.29 is 13.6 Å². The van der Waals surface area contributed by atoms with Crippen LogP contribution < -0.4 is 0 Å². The van der Waals surface area contributed by atoms with E-state index in [0.29, 0.717) is 24.0 Å². The Kier molecular flexibility index (Phi) is 4.51. The van der Waals surface area contributed by atoms with E-state index in [4.69, 9.17) is 8.83 Å². The van der Waals surface area contributed by atoms with Gasteiger partial charge in [-0.2, -0.15) is 0 Å². The van der Waals surface area contributed by atoms with E-state index in [1.807, 2.05) is 30.3 Å². The van der Waals surface area contributed by atoms with Crippen LogP contribution in [0.3, 0.4) is 0 Å². The molecule has 1 aliphatic heterocycles. The van der Waals surface area contributed by atoms with Crippen LogP contribution in [-0.4, -0.2) is 32.5 Å². The van der Waals surface area contributed by atoms with Crippen molar-refractivity contribution in [3.05, 3.63) is 54.1 Å². The number of carbonyl (C=O) groups excluding carboxylic acids is 1. The van der Waals surface area contributed by atoms with Gasteiger partial charge in [0, 0.05) is 12.1 Å². The summed E-state index contributed by atoms with van der Waals surface area (Å²) in [5.41, 5.74) is 1.46. The van der Waals surface area contributed by atoms with Gasteiger partial charge in [0.05, 0.1) is 5.69 Å². The second-order valence-corrected chi connectivity index (χ2v) is 6.44. The average Bonchev–Trinajstić information content (AvgIpc) is 3.25. The summed E-state index contributed by atoms with van der Waals surface area (Å²) in [5.74, 6) is 1.04. The van der Waals surface area contributed by atoms with Gasteiger partial charge in [0.25, 0.3) is 5.91 Å². The second-order valence-electron chi connectivity index (χ2n) is 6.44. The van der Waals surface area contributed by atoms with E-state index in [1.54, 1.807) is 11.8 Å². The molecule has 0 saturated carbocycles. The minimum absolute atomic E-state index is 0.175. The molecule has 26 heavy (non-hydrogen) atoms. The minimum atomic E-state index is -0.250. The summed E-state index contributed by atoms with van der Waals surface area (Å²) >= 11 is 0. The summed E-state index contributed by atoms with van der Waals surface area (Å²) < 4.78 is 11.2. The number of carbonyl (C=O) groups is 1. The number of hydrogen-bond donors (Lipinski definition) is 0. The first-order valence-corrected chi connectivity index (χ1v) is 8.84. The lowest BCUT2D eigenvalue weighted by molar-refractivity contribution is 0.0619. The lowest BCUT2D eigenvalue weighted by Crippen LogP contribution is -2.35. The molecule has 0 bridgehead atoms. The zero-order chi connectivity index (χ0) is 17.9. The zero-order valence-electron chi connectivity index (χ0n) is 14.6. The van der Waals surface area contributed by atoms with Gasteiger partial charge in [-0.1, -0.05) is 31.0 Å². The summed E-state index contributed by atoms with van der Waals surface area (Å²) in [6.07, 6.45) is 5.10. The van der Waals surface area contributed by atoms with Gasteiger partial charge in [-0.05, 0) is 31.9 Å². The second kappa shape index (κ2) is 7.11. The minimum Gasteiger partial charge on any atom is -0.438 e. The fourth-order valence-electron chi connectivity index (χ4n) is 3.31. The Hall–Kier alpha value is -2.96. The van der Waals surface area contributed by atoms with Crippen molar-refractivity contribution in [3.63, 3.8) is 0 Å². The third-order valence-corrected chi connectivity index (χ3v) is 4.70. The molecule has 1 aromatic carbocycles. The number of benzene rings is 1. The van der Waals surface area contributed by atoms with Gasteiger partial charge in [-0.25, -0.2) is 4.98 Å². The van der Waals surface area contributed by atoms with Crippen LogP contribution in [0.15, 0.2) is 45.6 Å². The highest BCUT2D eigenvalue weighted by Gasteiger charge is 2.33. The van der Waals surface area contributed by atoms with Gasteiger partial charge in [-0.3, -0.25) is 4.79 Å². The van der Waals surface area contributed by atoms with Crippen LogP contribution in [0.5, 0.6) is 0 Å². The van der Waals surface area contributed by atoms with Crippen molar-refractivity contribution in [2.75, 3.05) is 6.54 Å². The lowest BCUT2D eigenvalue weighted by atomic mass is 10.1.